The Morgan fingerprint density at radius 1 is 1.17 bits per heavy atom. The summed E-state index contributed by atoms with van der Waals surface area (Å²) in [6.45, 7) is 10.7. The van der Waals surface area contributed by atoms with Gasteiger partial charge in [-0.3, -0.25) is 9.69 Å². The van der Waals surface area contributed by atoms with Gasteiger partial charge < -0.3 is 9.67 Å². The van der Waals surface area contributed by atoms with Crippen LogP contribution < -0.4 is 5.43 Å². The van der Waals surface area contributed by atoms with E-state index < -0.39 is 0 Å². The zero-order valence-corrected chi connectivity index (χ0v) is 14.9. The van der Waals surface area contributed by atoms with E-state index in [0.717, 1.165) is 38.3 Å². The van der Waals surface area contributed by atoms with Gasteiger partial charge in [0.15, 0.2) is 5.75 Å². The van der Waals surface area contributed by atoms with Gasteiger partial charge in [0, 0.05) is 37.9 Å². The summed E-state index contributed by atoms with van der Waals surface area (Å²) in [4.78, 5) is 14.3. The minimum atomic E-state index is -0.261. The van der Waals surface area contributed by atoms with Gasteiger partial charge in [0.2, 0.25) is 5.43 Å². The predicted molar refractivity (Wildman–Crippen MR) is 94.7 cm³/mol. The first kappa shape index (κ1) is 18.1. The van der Waals surface area contributed by atoms with Crippen LogP contribution in [0.1, 0.15) is 58.6 Å². The van der Waals surface area contributed by atoms with Crippen molar-refractivity contribution in [1.29, 1.82) is 0 Å². The van der Waals surface area contributed by atoms with E-state index in [2.05, 4.69) is 30.2 Å². The van der Waals surface area contributed by atoms with Crippen LogP contribution >= 0.6 is 0 Å². The Morgan fingerprint density at radius 3 is 2.52 bits per heavy atom. The Morgan fingerprint density at radius 2 is 1.87 bits per heavy atom. The summed E-state index contributed by atoms with van der Waals surface area (Å²) in [5.41, 5.74) is 0.772. The van der Waals surface area contributed by atoms with Crippen molar-refractivity contribution in [3.05, 3.63) is 28.2 Å². The molecule has 0 saturated carbocycles. The maximum absolute atomic E-state index is 11.9. The zero-order valence-electron chi connectivity index (χ0n) is 14.9. The third kappa shape index (κ3) is 5.38. The second-order valence-electron chi connectivity index (χ2n) is 7.41. The Hall–Kier alpha value is -1.29. The SMILES string of the molecule is CCCCCCn1cc(O)c(=O)cc1CN1CC(C)CC(C)C1. The number of hydrogen-bond acceptors (Lipinski definition) is 3. The lowest BCUT2D eigenvalue weighted by Gasteiger charge is -2.35. The van der Waals surface area contributed by atoms with E-state index >= 15 is 0 Å². The largest absolute Gasteiger partial charge is 0.503 e. The first-order valence-corrected chi connectivity index (χ1v) is 9.14. The van der Waals surface area contributed by atoms with Gasteiger partial charge in [0.05, 0.1) is 6.20 Å². The molecule has 2 heterocycles. The van der Waals surface area contributed by atoms with Gasteiger partial charge in [0.25, 0.3) is 0 Å². The summed E-state index contributed by atoms with van der Waals surface area (Å²) in [6.07, 6.45) is 7.65. The number of aromatic nitrogens is 1. The molecular weight excluding hydrogens is 288 g/mol. The van der Waals surface area contributed by atoms with Crippen LogP contribution in [-0.2, 0) is 13.1 Å². The minimum Gasteiger partial charge on any atom is -0.503 e. The summed E-state index contributed by atoms with van der Waals surface area (Å²) in [5.74, 6) is 1.28. The Kier molecular flexibility index (Phi) is 6.70. The van der Waals surface area contributed by atoms with Gasteiger partial charge in [0.1, 0.15) is 0 Å². The molecule has 2 atom stereocenters. The van der Waals surface area contributed by atoms with E-state index in [1.807, 2.05) is 0 Å². The number of hydrogen-bond donors (Lipinski definition) is 1. The smallest absolute Gasteiger partial charge is 0.223 e. The molecule has 130 valence electrons. The highest BCUT2D eigenvalue weighted by atomic mass is 16.3. The van der Waals surface area contributed by atoms with Gasteiger partial charge in [-0.15, -0.1) is 0 Å². The van der Waals surface area contributed by atoms with Gasteiger partial charge in [-0.1, -0.05) is 40.0 Å². The fourth-order valence-electron chi connectivity index (χ4n) is 3.81. The zero-order chi connectivity index (χ0) is 16.8. The number of nitrogens with zero attached hydrogens (tertiary/aromatic N) is 2. The van der Waals surface area contributed by atoms with Crippen molar-refractivity contribution in [2.45, 2.75) is 66.0 Å². The molecule has 1 saturated heterocycles. The second kappa shape index (κ2) is 8.53. The monoisotopic (exact) mass is 320 g/mol. The average molecular weight is 320 g/mol. The Balaban J connectivity index is 2.09. The lowest BCUT2D eigenvalue weighted by molar-refractivity contribution is 0.131. The molecule has 1 N–H and O–H groups in total. The molecule has 1 aromatic rings. The van der Waals surface area contributed by atoms with Crippen LogP contribution in [0.2, 0.25) is 0 Å². The molecule has 4 heteroatoms. The normalized spacial score (nSPS) is 22.4. The maximum Gasteiger partial charge on any atom is 0.223 e. The number of likely N-dealkylation sites (tertiary alicyclic amines) is 1. The molecule has 0 bridgehead atoms. The summed E-state index contributed by atoms with van der Waals surface area (Å²) in [5, 5.41) is 9.77. The summed E-state index contributed by atoms with van der Waals surface area (Å²) in [6, 6.07) is 1.62. The van der Waals surface area contributed by atoms with Gasteiger partial charge in [-0.05, 0) is 24.7 Å². The van der Waals surface area contributed by atoms with E-state index in [-0.39, 0.29) is 11.2 Å². The first-order chi connectivity index (χ1) is 11.0. The Labute approximate surface area is 140 Å². The second-order valence-corrected chi connectivity index (χ2v) is 7.41. The van der Waals surface area contributed by atoms with E-state index in [1.54, 1.807) is 12.3 Å². The molecule has 0 amide bonds. The number of pyridine rings is 1. The number of aryl methyl sites for hydroxylation is 1. The van der Waals surface area contributed by atoms with Crippen molar-refractivity contribution in [1.82, 2.24) is 9.47 Å². The van der Waals surface area contributed by atoms with Crippen molar-refractivity contribution < 1.29 is 5.11 Å². The Bertz CT molecular complexity index is 543. The van der Waals surface area contributed by atoms with E-state index in [0.29, 0.717) is 11.8 Å². The van der Waals surface area contributed by atoms with E-state index in [1.165, 1.54) is 25.7 Å². The molecule has 2 rings (SSSR count). The quantitative estimate of drug-likeness (QED) is 0.781. The number of unbranched alkanes of at least 4 members (excludes halogenated alkanes) is 3. The molecule has 2 unspecified atom stereocenters. The molecule has 4 nitrogen and oxygen atoms in total. The standard InChI is InChI=1S/C19H32N2O2/c1-4-5-6-7-8-21-14-19(23)18(22)10-17(21)13-20-11-15(2)9-16(3)12-20/h10,14-16,23H,4-9,11-13H2,1-3H3. The van der Waals surface area contributed by atoms with E-state index in [4.69, 9.17) is 0 Å². The lowest BCUT2D eigenvalue weighted by Crippen LogP contribution is -2.39. The lowest BCUT2D eigenvalue weighted by atomic mass is 9.92. The summed E-state index contributed by atoms with van der Waals surface area (Å²) >= 11 is 0. The highest BCUT2D eigenvalue weighted by molar-refractivity contribution is 5.20. The topological polar surface area (TPSA) is 45.5 Å². The van der Waals surface area contributed by atoms with Crippen LogP contribution in [0.25, 0.3) is 0 Å². The molecule has 1 aliphatic heterocycles. The molecular formula is C19H32N2O2. The van der Waals surface area contributed by atoms with Crippen LogP contribution in [0.3, 0.4) is 0 Å². The van der Waals surface area contributed by atoms with Crippen molar-refractivity contribution in [3.8, 4) is 5.75 Å². The maximum atomic E-state index is 11.9. The van der Waals surface area contributed by atoms with Gasteiger partial charge in [-0.25, -0.2) is 0 Å². The molecule has 1 aliphatic rings. The van der Waals surface area contributed by atoms with Crippen molar-refractivity contribution >= 4 is 0 Å². The fourth-order valence-corrected chi connectivity index (χ4v) is 3.81. The van der Waals surface area contributed by atoms with Crippen LogP contribution in [0.5, 0.6) is 5.75 Å². The number of aromatic hydroxyl groups is 1. The molecule has 0 radical (unpaired) electrons. The van der Waals surface area contributed by atoms with Crippen molar-refractivity contribution in [2.75, 3.05) is 13.1 Å². The molecule has 0 aromatic carbocycles. The van der Waals surface area contributed by atoms with Gasteiger partial charge >= 0.3 is 0 Å². The predicted octanol–water partition coefficient (Wildman–Crippen LogP) is 3.61. The first-order valence-electron chi connectivity index (χ1n) is 9.14. The summed E-state index contributed by atoms with van der Waals surface area (Å²) < 4.78 is 2.08. The molecule has 1 fully saturated rings. The number of rotatable bonds is 7. The van der Waals surface area contributed by atoms with Crippen LogP contribution in [0.4, 0.5) is 0 Å². The van der Waals surface area contributed by atoms with Crippen molar-refractivity contribution in [2.24, 2.45) is 11.8 Å². The van der Waals surface area contributed by atoms with Crippen LogP contribution in [-0.4, -0.2) is 27.7 Å². The highest BCUT2D eigenvalue weighted by Gasteiger charge is 2.22. The van der Waals surface area contributed by atoms with Gasteiger partial charge in [-0.2, -0.15) is 0 Å². The minimum absolute atomic E-state index is 0.135. The third-order valence-corrected chi connectivity index (χ3v) is 4.78. The molecule has 0 spiro atoms. The van der Waals surface area contributed by atoms with Crippen LogP contribution in [0, 0.1) is 11.8 Å². The van der Waals surface area contributed by atoms with Crippen molar-refractivity contribution in [3.63, 3.8) is 0 Å². The molecule has 23 heavy (non-hydrogen) atoms. The van der Waals surface area contributed by atoms with Crippen LogP contribution in [0.15, 0.2) is 17.1 Å². The molecule has 1 aromatic heterocycles. The highest BCUT2D eigenvalue weighted by Crippen LogP contribution is 2.22. The fraction of sp³-hybridized carbons (Fsp3) is 0.737. The van der Waals surface area contributed by atoms with E-state index in [9.17, 15) is 9.90 Å². The third-order valence-electron chi connectivity index (χ3n) is 4.78. The summed E-state index contributed by atoms with van der Waals surface area (Å²) in [7, 11) is 0. The number of piperidine rings is 1. The average Bonchev–Trinajstić information content (AvgIpc) is 2.47. The molecule has 0 aliphatic carbocycles.